The Kier molecular flexibility index (Phi) is 3.29. The summed E-state index contributed by atoms with van der Waals surface area (Å²) in [5.41, 5.74) is 3.99. The molecule has 0 saturated heterocycles. The molecule has 1 aromatic heterocycles. The Hall–Kier alpha value is -1.39. The second kappa shape index (κ2) is 4.94. The van der Waals surface area contributed by atoms with Crippen molar-refractivity contribution in [3.05, 3.63) is 45.9 Å². The molecule has 0 aliphatic carbocycles. The summed E-state index contributed by atoms with van der Waals surface area (Å²) in [6.45, 7) is 6.30. The van der Waals surface area contributed by atoms with Gasteiger partial charge in [0.05, 0.1) is 5.54 Å². The van der Waals surface area contributed by atoms with Crippen LogP contribution in [0.2, 0.25) is 0 Å². The molecular formula is C15H19N3S. The van der Waals surface area contributed by atoms with Crippen LogP contribution in [0.15, 0.2) is 29.8 Å². The van der Waals surface area contributed by atoms with Crippen molar-refractivity contribution in [1.82, 2.24) is 10.3 Å². The van der Waals surface area contributed by atoms with Crippen molar-refractivity contribution in [3.63, 3.8) is 0 Å². The van der Waals surface area contributed by atoms with E-state index in [1.807, 2.05) is 11.6 Å². The van der Waals surface area contributed by atoms with Crippen LogP contribution in [0.5, 0.6) is 0 Å². The molecule has 2 aromatic rings. The molecule has 0 bridgehead atoms. The van der Waals surface area contributed by atoms with Crippen LogP contribution in [-0.2, 0) is 18.5 Å². The van der Waals surface area contributed by atoms with Gasteiger partial charge in [-0.1, -0.05) is 12.1 Å². The van der Waals surface area contributed by atoms with E-state index in [4.69, 9.17) is 0 Å². The van der Waals surface area contributed by atoms with Gasteiger partial charge < -0.3 is 10.6 Å². The maximum absolute atomic E-state index is 4.40. The average Bonchev–Trinajstić information content (AvgIpc) is 3.07. The molecule has 3 nitrogen and oxygen atoms in total. The van der Waals surface area contributed by atoms with E-state index in [0.29, 0.717) is 0 Å². The monoisotopic (exact) mass is 273 g/mol. The van der Waals surface area contributed by atoms with Gasteiger partial charge in [0.2, 0.25) is 0 Å². The van der Waals surface area contributed by atoms with Gasteiger partial charge in [-0.3, -0.25) is 0 Å². The summed E-state index contributed by atoms with van der Waals surface area (Å²) < 4.78 is 0. The number of aromatic nitrogens is 1. The molecule has 19 heavy (non-hydrogen) atoms. The molecule has 0 spiro atoms. The quantitative estimate of drug-likeness (QED) is 0.898. The first-order valence-electron chi connectivity index (χ1n) is 6.66. The first-order chi connectivity index (χ1) is 9.15. The Bertz CT molecular complexity index is 561. The smallest absolute Gasteiger partial charge is 0.112 e. The van der Waals surface area contributed by atoms with E-state index in [0.717, 1.165) is 24.5 Å². The lowest BCUT2D eigenvalue weighted by molar-refractivity contribution is 0.399. The molecular weight excluding hydrogens is 254 g/mol. The van der Waals surface area contributed by atoms with Gasteiger partial charge >= 0.3 is 0 Å². The van der Waals surface area contributed by atoms with Crippen LogP contribution >= 0.6 is 11.3 Å². The van der Waals surface area contributed by atoms with Crippen molar-refractivity contribution in [2.45, 2.75) is 32.4 Å². The topological polar surface area (TPSA) is 37.0 Å². The van der Waals surface area contributed by atoms with E-state index in [1.54, 1.807) is 11.3 Å². The van der Waals surface area contributed by atoms with Gasteiger partial charge in [-0.05, 0) is 37.5 Å². The Morgan fingerprint density at radius 3 is 3.11 bits per heavy atom. The number of hydrogen-bond acceptors (Lipinski definition) is 4. The first kappa shape index (κ1) is 12.6. The van der Waals surface area contributed by atoms with E-state index in [-0.39, 0.29) is 5.54 Å². The molecule has 0 atom stereocenters. The number of thiazole rings is 1. The maximum Gasteiger partial charge on any atom is 0.112 e. The minimum absolute atomic E-state index is 0.0779. The maximum atomic E-state index is 4.40. The third kappa shape index (κ3) is 2.65. The van der Waals surface area contributed by atoms with Crippen LogP contribution in [0.4, 0.5) is 5.69 Å². The molecule has 100 valence electrons. The van der Waals surface area contributed by atoms with Gasteiger partial charge in [-0.2, -0.15) is 0 Å². The van der Waals surface area contributed by atoms with Crippen LogP contribution in [0.1, 0.15) is 30.0 Å². The van der Waals surface area contributed by atoms with Crippen molar-refractivity contribution >= 4 is 17.0 Å². The normalized spacial score (nSPS) is 14.2. The molecule has 4 heteroatoms. The van der Waals surface area contributed by atoms with Gasteiger partial charge in [-0.15, -0.1) is 11.3 Å². The Labute approximate surface area is 118 Å². The molecule has 1 aliphatic rings. The lowest BCUT2D eigenvalue weighted by Gasteiger charge is -2.24. The Morgan fingerprint density at radius 2 is 2.32 bits per heavy atom. The molecule has 0 amide bonds. The summed E-state index contributed by atoms with van der Waals surface area (Å²) in [5.74, 6) is 0. The van der Waals surface area contributed by atoms with Gasteiger partial charge in [0, 0.05) is 30.4 Å². The Morgan fingerprint density at radius 1 is 1.42 bits per heavy atom. The zero-order chi connectivity index (χ0) is 13.3. The van der Waals surface area contributed by atoms with Crippen LogP contribution in [0.3, 0.4) is 0 Å². The molecule has 2 N–H and O–H groups in total. The number of anilines is 1. The summed E-state index contributed by atoms with van der Waals surface area (Å²) in [6, 6.07) is 6.69. The lowest BCUT2D eigenvalue weighted by Crippen LogP contribution is -2.35. The van der Waals surface area contributed by atoms with Gasteiger partial charge in [-0.25, -0.2) is 4.98 Å². The van der Waals surface area contributed by atoms with E-state index in [2.05, 4.69) is 47.7 Å². The molecule has 3 rings (SSSR count). The van der Waals surface area contributed by atoms with Crippen LogP contribution < -0.4 is 10.6 Å². The number of benzene rings is 1. The highest BCUT2D eigenvalue weighted by Gasteiger charge is 2.22. The average molecular weight is 273 g/mol. The molecule has 0 unspecified atom stereocenters. The zero-order valence-corrected chi connectivity index (χ0v) is 12.2. The second-order valence-corrected chi connectivity index (χ2v) is 6.38. The highest BCUT2D eigenvalue weighted by atomic mass is 32.1. The number of nitrogens with one attached hydrogen (secondary N) is 2. The predicted molar refractivity (Wildman–Crippen MR) is 80.6 cm³/mol. The minimum Gasteiger partial charge on any atom is -0.384 e. The summed E-state index contributed by atoms with van der Waals surface area (Å²) in [5, 5.41) is 10.2. The molecule has 0 radical (unpaired) electrons. The fourth-order valence-electron chi connectivity index (χ4n) is 2.40. The van der Waals surface area contributed by atoms with Gasteiger partial charge in [0.1, 0.15) is 5.01 Å². The number of hydrogen-bond donors (Lipinski definition) is 2. The summed E-state index contributed by atoms with van der Waals surface area (Å²) >= 11 is 1.70. The van der Waals surface area contributed by atoms with E-state index >= 15 is 0 Å². The van der Waals surface area contributed by atoms with Crippen molar-refractivity contribution in [3.8, 4) is 0 Å². The van der Waals surface area contributed by atoms with E-state index < -0.39 is 0 Å². The van der Waals surface area contributed by atoms with Crippen LogP contribution in [0, 0.1) is 0 Å². The fourth-order valence-corrected chi connectivity index (χ4v) is 3.14. The number of rotatable bonds is 4. The second-order valence-electron chi connectivity index (χ2n) is 5.48. The van der Waals surface area contributed by atoms with E-state index in [1.165, 1.54) is 16.8 Å². The first-order valence-corrected chi connectivity index (χ1v) is 7.54. The largest absolute Gasteiger partial charge is 0.384 e. The molecule has 0 fully saturated rings. The Balaban J connectivity index is 1.69. The third-order valence-electron chi connectivity index (χ3n) is 3.58. The highest BCUT2D eigenvalue weighted by Crippen LogP contribution is 2.25. The van der Waals surface area contributed by atoms with Gasteiger partial charge in [0.15, 0.2) is 0 Å². The SMILES string of the molecule is CC(C)(NCc1ccc2c(c1)CCN2)c1nccs1. The van der Waals surface area contributed by atoms with E-state index in [9.17, 15) is 0 Å². The zero-order valence-electron chi connectivity index (χ0n) is 11.4. The summed E-state index contributed by atoms with van der Waals surface area (Å²) in [6.07, 6.45) is 3.00. The van der Waals surface area contributed by atoms with Gasteiger partial charge in [0.25, 0.3) is 0 Å². The molecule has 2 heterocycles. The minimum atomic E-state index is -0.0779. The number of fused-ring (bicyclic) bond motifs is 1. The highest BCUT2D eigenvalue weighted by molar-refractivity contribution is 7.09. The van der Waals surface area contributed by atoms with Crippen molar-refractivity contribution < 1.29 is 0 Å². The van der Waals surface area contributed by atoms with Crippen molar-refractivity contribution in [2.75, 3.05) is 11.9 Å². The van der Waals surface area contributed by atoms with Crippen molar-refractivity contribution in [2.24, 2.45) is 0 Å². The molecule has 0 saturated carbocycles. The predicted octanol–water partition coefficient (Wildman–Crippen LogP) is 3.14. The third-order valence-corrected chi connectivity index (χ3v) is 4.68. The summed E-state index contributed by atoms with van der Waals surface area (Å²) in [7, 11) is 0. The molecule has 1 aliphatic heterocycles. The number of nitrogens with zero attached hydrogens (tertiary/aromatic N) is 1. The molecule has 1 aromatic carbocycles. The fraction of sp³-hybridized carbons (Fsp3) is 0.400. The van der Waals surface area contributed by atoms with Crippen molar-refractivity contribution in [1.29, 1.82) is 0 Å². The standard InChI is InChI=1S/C15H19N3S/c1-15(2,14-17-7-8-19-14)18-10-11-3-4-13-12(9-11)5-6-16-13/h3-4,7-9,16,18H,5-6,10H2,1-2H3. The lowest BCUT2D eigenvalue weighted by atomic mass is 10.0. The summed E-state index contributed by atoms with van der Waals surface area (Å²) in [4.78, 5) is 4.40. The van der Waals surface area contributed by atoms with Crippen LogP contribution in [0.25, 0.3) is 0 Å². The van der Waals surface area contributed by atoms with Crippen LogP contribution in [-0.4, -0.2) is 11.5 Å².